The Morgan fingerprint density at radius 3 is 2.64 bits per heavy atom. The highest BCUT2D eigenvalue weighted by molar-refractivity contribution is 7.92. The van der Waals surface area contributed by atoms with Gasteiger partial charge in [0, 0.05) is 0 Å². The first-order valence-electron chi connectivity index (χ1n) is 9.14. The van der Waals surface area contributed by atoms with Crippen molar-refractivity contribution in [1.82, 2.24) is 5.32 Å². The minimum atomic E-state index is -3.52. The van der Waals surface area contributed by atoms with Crippen molar-refractivity contribution in [2.75, 3.05) is 29.8 Å². The van der Waals surface area contributed by atoms with Gasteiger partial charge in [-0.2, -0.15) is 0 Å². The Labute approximate surface area is 165 Å². The summed E-state index contributed by atoms with van der Waals surface area (Å²) in [5, 5.41) is 2.74. The van der Waals surface area contributed by atoms with Crippen LogP contribution in [-0.4, -0.2) is 45.9 Å². The predicted molar refractivity (Wildman–Crippen MR) is 107 cm³/mol. The van der Waals surface area contributed by atoms with Crippen molar-refractivity contribution in [1.29, 1.82) is 0 Å². The molecule has 1 unspecified atom stereocenters. The summed E-state index contributed by atoms with van der Waals surface area (Å²) in [5.74, 6) is 0.670. The van der Waals surface area contributed by atoms with E-state index in [1.54, 1.807) is 31.2 Å². The van der Waals surface area contributed by atoms with Crippen molar-refractivity contribution in [3.63, 3.8) is 0 Å². The van der Waals surface area contributed by atoms with Crippen LogP contribution in [0, 0.1) is 6.92 Å². The number of rotatable bonds is 7. The Bertz CT molecular complexity index is 928. The van der Waals surface area contributed by atoms with Crippen molar-refractivity contribution in [2.45, 2.75) is 20.0 Å². The maximum atomic E-state index is 12.5. The Morgan fingerprint density at radius 2 is 1.93 bits per heavy atom. The van der Waals surface area contributed by atoms with Gasteiger partial charge in [0.15, 0.2) is 6.10 Å². The van der Waals surface area contributed by atoms with E-state index in [0.29, 0.717) is 18.0 Å². The molecule has 0 spiro atoms. The van der Waals surface area contributed by atoms with Crippen LogP contribution in [0.25, 0.3) is 0 Å². The highest BCUT2D eigenvalue weighted by Gasteiger charge is 2.35. The van der Waals surface area contributed by atoms with E-state index in [9.17, 15) is 13.2 Å². The van der Waals surface area contributed by atoms with Gasteiger partial charge >= 0.3 is 0 Å². The lowest BCUT2D eigenvalue weighted by Crippen LogP contribution is -2.51. The van der Waals surface area contributed by atoms with Gasteiger partial charge in [0.05, 0.1) is 24.5 Å². The topological polar surface area (TPSA) is 84.9 Å². The minimum absolute atomic E-state index is 0.0555. The number of aryl methyl sites for hydroxylation is 1. The van der Waals surface area contributed by atoms with E-state index in [1.165, 1.54) is 4.31 Å². The maximum Gasteiger partial charge on any atom is 0.263 e. The van der Waals surface area contributed by atoms with Crippen molar-refractivity contribution < 1.29 is 22.7 Å². The molecule has 1 amide bonds. The van der Waals surface area contributed by atoms with Crippen molar-refractivity contribution in [3.05, 3.63) is 54.1 Å². The van der Waals surface area contributed by atoms with Crippen LogP contribution in [0.5, 0.6) is 11.5 Å². The molecular formula is C20H24N2O5S. The Balaban J connectivity index is 1.60. The molecule has 0 aliphatic carbocycles. The average molecular weight is 404 g/mol. The van der Waals surface area contributed by atoms with Crippen LogP contribution in [-0.2, 0) is 14.8 Å². The molecule has 0 radical (unpaired) electrons. The first-order valence-corrected chi connectivity index (χ1v) is 10.7. The average Bonchev–Trinajstić information content (AvgIpc) is 2.71. The first-order chi connectivity index (χ1) is 13.4. The molecule has 1 atom stereocenters. The van der Waals surface area contributed by atoms with E-state index in [1.807, 2.05) is 31.2 Å². The van der Waals surface area contributed by atoms with Crippen LogP contribution in [0.2, 0.25) is 0 Å². The molecule has 2 aromatic rings. The third-order valence-corrected chi connectivity index (χ3v) is 6.17. The summed E-state index contributed by atoms with van der Waals surface area (Å²) >= 11 is 0. The van der Waals surface area contributed by atoms with E-state index < -0.39 is 16.1 Å². The number of hydrogen-bond donors (Lipinski definition) is 1. The number of hydrogen-bond acceptors (Lipinski definition) is 5. The summed E-state index contributed by atoms with van der Waals surface area (Å²) < 4.78 is 37.5. The normalized spacial score (nSPS) is 16.1. The third-order valence-electron chi connectivity index (χ3n) is 4.42. The summed E-state index contributed by atoms with van der Waals surface area (Å²) in [7, 11) is -3.52. The summed E-state index contributed by atoms with van der Waals surface area (Å²) in [6.07, 6.45) is -0.921. The largest absolute Gasteiger partial charge is 0.492 e. The summed E-state index contributed by atoms with van der Waals surface area (Å²) in [4.78, 5) is 12.5. The lowest BCUT2D eigenvalue weighted by Gasteiger charge is -2.34. The molecule has 28 heavy (non-hydrogen) atoms. The van der Waals surface area contributed by atoms with Crippen molar-refractivity contribution in [2.24, 2.45) is 0 Å². The molecule has 7 nitrogen and oxygen atoms in total. The van der Waals surface area contributed by atoms with Crippen LogP contribution < -0.4 is 19.1 Å². The molecule has 1 aliphatic rings. The third kappa shape index (κ3) is 4.56. The molecule has 0 bridgehead atoms. The van der Waals surface area contributed by atoms with Crippen LogP contribution in [0.4, 0.5) is 5.69 Å². The van der Waals surface area contributed by atoms with Gasteiger partial charge in [0.25, 0.3) is 5.91 Å². The lowest BCUT2D eigenvalue weighted by atomic mass is 10.2. The maximum absolute atomic E-state index is 12.5. The summed E-state index contributed by atoms with van der Waals surface area (Å²) in [6, 6.07) is 14.4. The molecule has 0 aromatic heterocycles. The van der Waals surface area contributed by atoms with Gasteiger partial charge in [-0.3, -0.25) is 9.10 Å². The van der Waals surface area contributed by atoms with Crippen LogP contribution in [0.15, 0.2) is 48.5 Å². The SMILES string of the molecule is CCS(=O)(=O)N1CC(C(=O)NCCOc2ccc(C)cc2)Oc2ccccc21. The van der Waals surface area contributed by atoms with E-state index in [-0.39, 0.29) is 24.7 Å². The number of nitrogens with one attached hydrogen (secondary N) is 1. The predicted octanol–water partition coefficient (Wildman–Crippen LogP) is 2.11. The highest BCUT2D eigenvalue weighted by atomic mass is 32.2. The van der Waals surface area contributed by atoms with E-state index >= 15 is 0 Å². The second kappa shape index (κ2) is 8.52. The number of benzene rings is 2. The number of ether oxygens (including phenoxy) is 2. The fourth-order valence-electron chi connectivity index (χ4n) is 2.85. The molecular weight excluding hydrogens is 380 g/mol. The van der Waals surface area contributed by atoms with Gasteiger partial charge < -0.3 is 14.8 Å². The van der Waals surface area contributed by atoms with Crippen LogP contribution in [0.3, 0.4) is 0 Å². The Morgan fingerprint density at radius 1 is 1.21 bits per heavy atom. The number of sulfonamides is 1. The molecule has 150 valence electrons. The highest BCUT2D eigenvalue weighted by Crippen LogP contribution is 2.35. The van der Waals surface area contributed by atoms with Crippen molar-refractivity contribution >= 4 is 21.6 Å². The van der Waals surface area contributed by atoms with Crippen LogP contribution in [0.1, 0.15) is 12.5 Å². The minimum Gasteiger partial charge on any atom is -0.492 e. The standard InChI is InChI=1S/C20H24N2O5S/c1-3-28(24,25)22-14-19(27-18-7-5-4-6-17(18)22)20(23)21-12-13-26-16-10-8-15(2)9-11-16/h4-11,19H,3,12-14H2,1-2H3,(H,21,23). The molecule has 0 saturated heterocycles. The zero-order valence-corrected chi connectivity index (χ0v) is 16.7. The fourth-order valence-corrected chi connectivity index (χ4v) is 3.97. The van der Waals surface area contributed by atoms with Crippen molar-refractivity contribution in [3.8, 4) is 11.5 Å². The monoisotopic (exact) mass is 404 g/mol. The number of amides is 1. The second-order valence-electron chi connectivity index (χ2n) is 6.46. The van der Waals surface area contributed by atoms with Crippen LogP contribution >= 0.6 is 0 Å². The molecule has 1 heterocycles. The number of nitrogens with zero attached hydrogens (tertiary/aromatic N) is 1. The van der Waals surface area contributed by atoms with Gasteiger partial charge in [0.2, 0.25) is 10.0 Å². The number of carbonyl (C=O) groups excluding carboxylic acids is 1. The molecule has 1 aliphatic heterocycles. The number of carbonyl (C=O) groups is 1. The van der Waals surface area contributed by atoms with Gasteiger partial charge in [-0.05, 0) is 38.1 Å². The summed E-state index contributed by atoms with van der Waals surface area (Å²) in [6.45, 7) is 4.10. The zero-order chi connectivity index (χ0) is 20.1. The van der Waals surface area contributed by atoms with E-state index in [2.05, 4.69) is 5.32 Å². The van der Waals surface area contributed by atoms with Gasteiger partial charge in [0.1, 0.15) is 18.1 Å². The zero-order valence-electron chi connectivity index (χ0n) is 15.9. The molecule has 3 rings (SSSR count). The first kappa shape index (κ1) is 20.0. The lowest BCUT2D eigenvalue weighted by molar-refractivity contribution is -0.127. The number of anilines is 1. The quantitative estimate of drug-likeness (QED) is 0.715. The molecule has 1 N–H and O–H groups in total. The second-order valence-corrected chi connectivity index (χ2v) is 8.64. The number of para-hydroxylation sites is 2. The van der Waals surface area contributed by atoms with Gasteiger partial charge in [-0.1, -0.05) is 29.8 Å². The number of fused-ring (bicyclic) bond motifs is 1. The summed E-state index contributed by atoms with van der Waals surface area (Å²) in [5.41, 5.74) is 1.60. The van der Waals surface area contributed by atoms with Gasteiger partial charge in [-0.25, -0.2) is 8.42 Å². The Kier molecular flexibility index (Phi) is 6.08. The molecule has 2 aromatic carbocycles. The molecule has 0 fully saturated rings. The van der Waals surface area contributed by atoms with E-state index in [0.717, 1.165) is 11.3 Å². The molecule has 0 saturated carbocycles. The van der Waals surface area contributed by atoms with Gasteiger partial charge in [-0.15, -0.1) is 0 Å². The fraction of sp³-hybridized carbons (Fsp3) is 0.350. The van der Waals surface area contributed by atoms with E-state index in [4.69, 9.17) is 9.47 Å². The smallest absolute Gasteiger partial charge is 0.263 e. The Hall–Kier alpha value is -2.74. The molecule has 8 heteroatoms.